The summed E-state index contributed by atoms with van der Waals surface area (Å²) in [4.78, 5) is 37.4. The smallest absolute Gasteiger partial charge is 0.320 e. The van der Waals surface area contributed by atoms with Crippen LogP contribution in [0.4, 0.5) is 4.79 Å². The van der Waals surface area contributed by atoms with Crippen molar-refractivity contribution in [3.63, 3.8) is 0 Å². The zero-order valence-electron chi connectivity index (χ0n) is 12.0. The minimum absolute atomic E-state index is 0.0613. The number of carbonyl (C=O) groups is 3. The van der Waals surface area contributed by atoms with Gasteiger partial charge in [-0.05, 0) is 33.1 Å². The fourth-order valence-electron chi connectivity index (χ4n) is 2.47. The number of hydrogen-bond donors (Lipinski definition) is 2. The molecule has 0 spiro atoms. The second-order valence-corrected chi connectivity index (χ2v) is 5.41. The molecule has 1 unspecified atom stereocenters. The molecule has 1 atom stereocenters. The third-order valence-corrected chi connectivity index (χ3v) is 3.48. The first-order chi connectivity index (χ1) is 9.32. The monoisotopic (exact) mass is 285 g/mol. The Morgan fingerprint density at radius 3 is 2.50 bits per heavy atom. The topological polar surface area (TPSA) is 104 Å². The van der Waals surface area contributed by atoms with E-state index in [1.807, 2.05) is 0 Å². The van der Waals surface area contributed by atoms with Crippen LogP contribution in [-0.4, -0.2) is 58.0 Å². The van der Waals surface area contributed by atoms with Gasteiger partial charge in [0.2, 0.25) is 5.91 Å². The molecule has 0 aromatic heterocycles. The van der Waals surface area contributed by atoms with Crippen LogP contribution in [0.2, 0.25) is 0 Å². The van der Waals surface area contributed by atoms with Crippen LogP contribution in [0.1, 0.15) is 39.5 Å². The van der Waals surface area contributed by atoms with Crippen LogP contribution in [-0.2, 0) is 9.59 Å². The number of rotatable bonds is 5. The zero-order valence-corrected chi connectivity index (χ0v) is 12.0. The quantitative estimate of drug-likeness (QED) is 0.773. The maximum Gasteiger partial charge on any atom is 0.320 e. The normalized spacial score (nSPS) is 18.9. The molecule has 0 bridgehead atoms. The Hall–Kier alpha value is -1.79. The molecule has 1 heterocycles. The van der Waals surface area contributed by atoms with E-state index < -0.39 is 11.9 Å². The molecular formula is C13H23N3O4. The third kappa shape index (κ3) is 4.40. The van der Waals surface area contributed by atoms with Gasteiger partial charge in [-0.15, -0.1) is 0 Å². The molecule has 0 radical (unpaired) electrons. The van der Waals surface area contributed by atoms with Crippen molar-refractivity contribution in [2.24, 2.45) is 5.73 Å². The Morgan fingerprint density at radius 2 is 2.00 bits per heavy atom. The number of piperidine rings is 1. The highest BCUT2D eigenvalue weighted by molar-refractivity contribution is 5.83. The number of carboxylic acids is 1. The minimum atomic E-state index is -0.916. The van der Waals surface area contributed by atoms with Crippen molar-refractivity contribution in [3.05, 3.63) is 0 Å². The number of urea groups is 1. The summed E-state index contributed by atoms with van der Waals surface area (Å²) in [5.74, 6) is -1.49. The number of carbonyl (C=O) groups excluding carboxylic acids is 2. The van der Waals surface area contributed by atoms with Crippen molar-refractivity contribution >= 4 is 17.9 Å². The average Bonchev–Trinajstić information content (AvgIpc) is 2.34. The molecule has 20 heavy (non-hydrogen) atoms. The first kappa shape index (κ1) is 16.3. The summed E-state index contributed by atoms with van der Waals surface area (Å²) in [5.41, 5.74) is 5.17. The second kappa shape index (κ2) is 7.12. The molecule has 0 aromatic rings. The Morgan fingerprint density at radius 1 is 1.35 bits per heavy atom. The number of aliphatic carboxylic acids is 1. The summed E-state index contributed by atoms with van der Waals surface area (Å²) < 4.78 is 0. The van der Waals surface area contributed by atoms with E-state index in [0.717, 1.165) is 12.8 Å². The first-order valence-corrected chi connectivity index (χ1v) is 6.90. The van der Waals surface area contributed by atoms with Gasteiger partial charge < -0.3 is 20.6 Å². The fraction of sp³-hybridized carbons (Fsp3) is 0.769. The SMILES string of the molecule is CC(C)N(CC(N)=O)C(=O)N1CCCCC1CC(=O)O. The average molecular weight is 285 g/mol. The molecule has 1 aliphatic heterocycles. The Labute approximate surface area is 118 Å². The van der Waals surface area contributed by atoms with E-state index in [2.05, 4.69) is 0 Å². The van der Waals surface area contributed by atoms with Gasteiger partial charge in [-0.3, -0.25) is 9.59 Å². The standard InChI is InChI=1S/C13H23N3O4/c1-9(2)16(8-11(14)17)13(20)15-6-4-3-5-10(15)7-12(18)19/h9-10H,3-8H2,1-2H3,(H2,14,17)(H,18,19). The van der Waals surface area contributed by atoms with E-state index in [1.165, 1.54) is 4.90 Å². The van der Waals surface area contributed by atoms with E-state index >= 15 is 0 Å². The summed E-state index contributed by atoms with van der Waals surface area (Å²) in [5, 5.41) is 8.93. The van der Waals surface area contributed by atoms with Crippen molar-refractivity contribution in [3.8, 4) is 0 Å². The van der Waals surface area contributed by atoms with Gasteiger partial charge in [0.1, 0.15) is 6.54 Å². The van der Waals surface area contributed by atoms with E-state index in [4.69, 9.17) is 10.8 Å². The summed E-state index contributed by atoms with van der Waals surface area (Å²) >= 11 is 0. The molecule has 0 aromatic carbocycles. The van der Waals surface area contributed by atoms with Crippen LogP contribution in [0.5, 0.6) is 0 Å². The van der Waals surface area contributed by atoms with E-state index in [-0.39, 0.29) is 31.1 Å². The van der Waals surface area contributed by atoms with E-state index in [1.54, 1.807) is 18.7 Å². The molecule has 1 saturated heterocycles. The Kier molecular flexibility index (Phi) is 5.79. The highest BCUT2D eigenvalue weighted by Gasteiger charge is 2.32. The largest absolute Gasteiger partial charge is 0.481 e. The minimum Gasteiger partial charge on any atom is -0.481 e. The Balaban J connectivity index is 2.83. The lowest BCUT2D eigenvalue weighted by molar-refractivity contribution is -0.138. The summed E-state index contributed by atoms with van der Waals surface area (Å²) in [6.07, 6.45) is 2.39. The number of primary amides is 1. The van der Waals surface area contributed by atoms with Crippen LogP contribution in [0.3, 0.4) is 0 Å². The molecule has 1 aliphatic rings. The first-order valence-electron chi connectivity index (χ1n) is 6.90. The predicted molar refractivity (Wildman–Crippen MR) is 73.0 cm³/mol. The van der Waals surface area contributed by atoms with Crippen LogP contribution >= 0.6 is 0 Å². The molecule has 7 nitrogen and oxygen atoms in total. The maximum absolute atomic E-state index is 12.5. The van der Waals surface area contributed by atoms with Gasteiger partial charge in [0.05, 0.1) is 6.42 Å². The molecule has 0 aliphatic carbocycles. The van der Waals surface area contributed by atoms with Crippen molar-refractivity contribution < 1.29 is 19.5 Å². The van der Waals surface area contributed by atoms with Crippen LogP contribution in [0.25, 0.3) is 0 Å². The summed E-state index contributed by atoms with van der Waals surface area (Å²) in [6, 6.07) is -0.768. The lowest BCUT2D eigenvalue weighted by Gasteiger charge is -2.39. The molecule has 114 valence electrons. The predicted octanol–water partition coefficient (Wildman–Crippen LogP) is 0.631. The van der Waals surface area contributed by atoms with Gasteiger partial charge in [-0.25, -0.2) is 4.79 Å². The van der Waals surface area contributed by atoms with Crippen molar-refractivity contribution in [2.45, 2.75) is 51.6 Å². The van der Waals surface area contributed by atoms with Gasteiger partial charge >= 0.3 is 12.0 Å². The van der Waals surface area contributed by atoms with Crippen LogP contribution in [0.15, 0.2) is 0 Å². The van der Waals surface area contributed by atoms with Gasteiger partial charge in [0, 0.05) is 18.6 Å². The number of hydrogen-bond acceptors (Lipinski definition) is 3. The maximum atomic E-state index is 12.5. The molecule has 3 N–H and O–H groups in total. The van der Waals surface area contributed by atoms with Gasteiger partial charge in [-0.2, -0.15) is 0 Å². The summed E-state index contributed by atoms with van der Waals surface area (Å²) in [7, 11) is 0. The number of amides is 3. The molecule has 0 saturated carbocycles. The highest BCUT2D eigenvalue weighted by atomic mass is 16.4. The molecule has 3 amide bonds. The van der Waals surface area contributed by atoms with Crippen molar-refractivity contribution in [2.75, 3.05) is 13.1 Å². The second-order valence-electron chi connectivity index (χ2n) is 5.41. The van der Waals surface area contributed by atoms with Crippen LogP contribution < -0.4 is 5.73 Å². The highest BCUT2D eigenvalue weighted by Crippen LogP contribution is 2.22. The molecule has 1 fully saturated rings. The number of likely N-dealkylation sites (tertiary alicyclic amines) is 1. The van der Waals surface area contributed by atoms with E-state index in [0.29, 0.717) is 13.0 Å². The summed E-state index contributed by atoms with van der Waals surface area (Å²) in [6.45, 7) is 3.99. The fourth-order valence-corrected chi connectivity index (χ4v) is 2.47. The van der Waals surface area contributed by atoms with Gasteiger partial charge in [0.15, 0.2) is 0 Å². The molecular weight excluding hydrogens is 262 g/mol. The lowest BCUT2D eigenvalue weighted by Crippen LogP contribution is -2.54. The number of nitrogens with zero attached hydrogens (tertiary/aromatic N) is 2. The van der Waals surface area contributed by atoms with E-state index in [9.17, 15) is 14.4 Å². The molecule has 7 heteroatoms. The number of carboxylic acid groups (broad SMARTS) is 1. The van der Waals surface area contributed by atoms with Gasteiger partial charge in [0.25, 0.3) is 0 Å². The molecule has 1 rings (SSSR count). The lowest BCUT2D eigenvalue weighted by atomic mass is 9.99. The van der Waals surface area contributed by atoms with Crippen molar-refractivity contribution in [1.82, 2.24) is 9.80 Å². The Bertz CT molecular complexity index is 384. The van der Waals surface area contributed by atoms with Crippen molar-refractivity contribution in [1.29, 1.82) is 0 Å². The zero-order chi connectivity index (χ0) is 15.3. The third-order valence-electron chi connectivity index (χ3n) is 3.48. The van der Waals surface area contributed by atoms with Gasteiger partial charge in [-0.1, -0.05) is 0 Å². The number of nitrogens with two attached hydrogens (primary N) is 1. The van der Waals surface area contributed by atoms with Crippen LogP contribution in [0, 0.1) is 0 Å².